The third kappa shape index (κ3) is 3.47. The number of rotatable bonds is 3. The fourth-order valence-corrected chi connectivity index (χ4v) is 2.90. The molecular formula is C12H18O6S. The molecule has 2 fully saturated rings. The summed E-state index contributed by atoms with van der Waals surface area (Å²) in [5.74, 6) is -0.721. The minimum atomic E-state index is -0.776. The molecule has 19 heavy (non-hydrogen) atoms. The Morgan fingerprint density at radius 1 is 1.21 bits per heavy atom. The van der Waals surface area contributed by atoms with Gasteiger partial charge in [0.05, 0.1) is 0 Å². The molecule has 0 amide bonds. The Hall–Kier alpha value is -0.630. The zero-order valence-corrected chi connectivity index (χ0v) is 12.2. The average Bonchev–Trinajstić information content (AvgIpc) is 2.70. The average molecular weight is 290 g/mol. The Labute approximate surface area is 116 Å². The molecule has 0 unspecified atom stereocenters. The highest BCUT2D eigenvalue weighted by Gasteiger charge is 2.56. The van der Waals surface area contributed by atoms with E-state index in [1.165, 1.54) is 13.8 Å². The number of ether oxygens (including phenoxy) is 4. The lowest BCUT2D eigenvalue weighted by molar-refractivity contribution is -0.228. The molecule has 0 saturated carbocycles. The van der Waals surface area contributed by atoms with Crippen molar-refractivity contribution >= 4 is 22.8 Å². The van der Waals surface area contributed by atoms with Crippen molar-refractivity contribution in [2.45, 2.75) is 58.1 Å². The summed E-state index contributed by atoms with van der Waals surface area (Å²) in [5, 5.41) is 0.00858. The van der Waals surface area contributed by atoms with E-state index in [0.29, 0.717) is 5.75 Å². The molecule has 0 aromatic rings. The molecule has 0 aromatic heterocycles. The van der Waals surface area contributed by atoms with Crippen LogP contribution in [0.15, 0.2) is 0 Å². The summed E-state index contributed by atoms with van der Waals surface area (Å²) in [6, 6.07) is 0. The molecular weight excluding hydrogens is 272 g/mol. The van der Waals surface area contributed by atoms with E-state index in [9.17, 15) is 9.59 Å². The minimum Gasteiger partial charge on any atom is -0.433 e. The third-order valence-electron chi connectivity index (χ3n) is 2.84. The first-order valence-electron chi connectivity index (χ1n) is 6.10. The number of esters is 1. The second-order valence-corrected chi connectivity index (χ2v) is 6.22. The van der Waals surface area contributed by atoms with Gasteiger partial charge >= 0.3 is 5.97 Å². The van der Waals surface area contributed by atoms with E-state index in [4.69, 9.17) is 18.9 Å². The number of carbonyl (C=O) groups excluding carboxylic acids is 2. The second kappa shape index (κ2) is 5.40. The van der Waals surface area contributed by atoms with Crippen molar-refractivity contribution in [1.82, 2.24) is 0 Å². The molecule has 2 saturated heterocycles. The fraction of sp³-hybridized carbons (Fsp3) is 0.833. The number of carbonyl (C=O) groups is 2. The van der Waals surface area contributed by atoms with Crippen molar-refractivity contribution in [3.63, 3.8) is 0 Å². The normalized spacial score (nSPS) is 36.0. The number of hydrogen-bond acceptors (Lipinski definition) is 7. The van der Waals surface area contributed by atoms with Crippen molar-refractivity contribution in [3.8, 4) is 0 Å². The summed E-state index contributed by atoms with van der Waals surface area (Å²) in [5.41, 5.74) is 0. The summed E-state index contributed by atoms with van der Waals surface area (Å²) in [7, 11) is 0. The number of fused-ring (bicyclic) bond motifs is 1. The molecule has 2 aliphatic heterocycles. The van der Waals surface area contributed by atoms with Crippen LogP contribution in [-0.2, 0) is 28.5 Å². The topological polar surface area (TPSA) is 71.1 Å². The molecule has 0 spiro atoms. The first kappa shape index (κ1) is 14.8. The first-order chi connectivity index (χ1) is 8.78. The zero-order chi connectivity index (χ0) is 14.2. The Balaban J connectivity index is 2.05. The zero-order valence-electron chi connectivity index (χ0n) is 11.4. The van der Waals surface area contributed by atoms with Gasteiger partial charge in [-0.1, -0.05) is 11.8 Å². The maximum atomic E-state index is 11.1. The van der Waals surface area contributed by atoms with Gasteiger partial charge in [0, 0.05) is 19.6 Å². The molecule has 0 aromatic carbocycles. The van der Waals surface area contributed by atoms with Gasteiger partial charge in [-0.05, 0) is 13.8 Å². The molecule has 108 valence electrons. The van der Waals surface area contributed by atoms with Crippen LogP contribution < -0.4 is 0 Å². The van der Waals surface area contributed by atoms with Crippen LogP contribution in [0.2, 0.25) is 0 Å². The smallest absolute Gasteiger partial charge is 0.305 e. The lowest BCUT2D eigenvalue weighted by Crippen LogP contribution is -2.32. The van der Waals surface area contributed by atoms with Crippen LogP contribution in [0, 0.1) is 0 Å². The summed E-state index contributed by atoms with van der Waals surface area (Å²) < 4.78 is 22.2. The molecule has 0 bridgehead atoms. The Morgan fingerprint density at radius 2 is 1.84 bits per heavy atom. The largest absolute Gasteiger partial charge is 0.433 e. The highest BCUT2D eigenvalue weighted by atomic mass is 32.2. The highest BCUT2D eigenvalue weighted by molar-refractivity contribution is 8.13. The second-order valence-electron chi connectivity index (χ2n) is 5.02. The van der Waals surface area contributed by atoms with Crippen molar-refractivity contribution in [3.05, 3.63) is 0 Å². The molecule has 0 aliphatic carbocycles. The van der Waals surface area contributed by atoms with E-state index >= 15 is 0 Å². The molecule has 4 atom stereocenters. The maximum Gasteiger partial charge on any atom is 0.305 e. The van der Waals surface area contributed by atoms with Crippen LogP contribution >= 0.6 is 11.8 Å². The molecule has 2 heterocycles. The van der Waals surface area contributed by atoms with Gasteiger partial charge in [0.1, 0.15) is 12.2 Å². The molecule has 2 aliphatic rings. The van der Waals surface area contributed by atoms with E-state index in [2.05, 4.69) is 0 Å². The lowest BCUT2D eigenvalue weighted by Gasteiger charge is -2.23. The summed E-state index contributed by atoms with van der Waals surface area (Å²) in [6.45, 7) is 6.41. The molecule has 6 nitrogen and oxygen atoms in total. The van der Waals surface area contributed by atoms with E-state index in [-0.39, 0.29) is 17.3 Å². The van der Waals surface area contributed by atoms with Gasteiger partial charge in [0.25, 0.3) is 0 Å². The number of thioether (sulfide) groups is 1. The van der Waals surface area contributed by atoms with Gasteiger partial charge in [0.2, 0.25) is 6.29 Å². The van der Waals surface area contributed by atoms with Crippen molar-refractivity contribution < 1.29 is 28.5 Å². The van der Waals surface area contributed by atoms with Crippen molar-refractivity contribution in [1.29, 1.82) is 0 Å². The molecule has 7 heteroatoms. The van der Waals surface area contributed by atoms with Crippen LogP contribution in [0.3, 0.4) is 0 Å². The van der Waals surface area contributed by atoms with Gasteiger partial charge in [-0.3, -0.25) is 9.59 Å². The van der Waals surface area contributed by atoms with Crippen LogP contribution in [-0.4, -0.2) is 47.2 Å². The SMILES string of the molecule is CC(=O)O[C@@H]1O[C@H](CSC(C)=O)[C@H]2OC(C)(C)O[C@@H]12. The lowest BCUT2D eigenvalue weighted by atomic mass is 10.1. The van der Waals surface area contributed by atoms with E-state index in [0.717, 1.165) is 11.8 Å². The van der Waals surface area contributed by atoms with E-state index in [1.807, 2.05) is 0 Å². The van der Waals surface area contributed by atoms with Crippen molar-refractivity contribution in [2.24, 2.45) is 0 Å². The standard InChI is InChI=1S/C12H18O6S/c1-6(13)15-11-10-9(17-12(3,4)18-10)8(16-11)5-19-7(2)14/h8-11H,5H2,1-4H3/t8-,9-,10-,11-/m1/s1. The Kier molecular flexibility index (Phi) is 4.20. The minimum absolute atomic E-state index is 0.00858. The molecule has 0 N–H and O–H groups in total. The van der Waals surface area contributed by atoms with Gasteiger partial charge in [0.15, 0.2) is 17.0 Å². The van der Waals surface area contributed by atoms with E-state index < -0.39 is 24.2 Å². The monoisotopic (exact) mass is 290 g/mol. The van der Waals surface area contributed by atoms with Crippen LogP contribution in [0.1, 0.15) is 27.7 Å². The summed E-state index contributed by atoms with van der Waals surface area (Å²) >= 11 is 1.16. The fourth-order valence-electron chi connectivity index (χ4n) is 2.23. The quantitative estimate of drug-likeness (QED) is 0.720. The number of hydrogen-bond donors (Lipinski definition) is 0. The molecule has 2 rings (SSSR count). The van der Waals surface area contributed by atoms with Crippen LogP contribution in [0.5, 0.6) is 0 Å². The highest BCUT2D eigenvalue weighted by Crippen LogP contribution is 2.40. The van der Waals surface area contributed by atoms with Crippen LogP contribution in [0.25, 0.3) is 0 Å². The predicted molar refractivity (Wildman–Crippen MR) is 67.4 cm³/mol. The van der Waals surface area contributed by atoms with E-state index in [1.54, 1.807) is 13.8 Å². The van der Waals surface area contributed by atoms with Gasteiger partial charge < -0.3 is 18.9 Å². The maximum absolute atomic E-state index is 11.1. The Morgan fingerprint density at radius 3 is 2.42 bits per heavy atom. The van der Waals surface area contributed by atoms with Gasteiger partial charge in [-0.15, -0.1) is 0 Å². The summed E-state index contributed by atoms with van der Waals surface area (Å²) in [4.78, 5) is 22.1. The van der Waals surface area contributed by atoms with Crippen molar-refractivity contribution in [2.75, 3.05) is 5.75 Å². The summed E-state index contributed by atoms with van der Waals surface area (Å²) in [6.07, 6.45) is -1.88. The predicted octanol–water partition coefficient (Wildman–Crippen LogP) is 1.07. The van der Waals surface area contributed by atoms with Crippen LogP contribution in [0.4, 0.5) is 0 Å². The Bertz CT molecular complexity index is 382. The van der Waals surface area contributed by atoms with Gasteiger partial charge in [-0.25, -0.2) is 0 Å². The molecule has 0 radical (unpaired) electrons. The third-order valence-corrected chi connectivity index (χ3v) is 3.74. The van der Waals surface area contributed by atoms with Gasteiger partial charge in [-0.2, -0.15) is 0 Å². The first-order valence-corrected chi connectivity index (χ1v) is 7.09.